The van der Waals surface area contributed by atoms with Gasteiger partial charge in [-0.05, 0) is 11.1 Å². The highest BCUT2D eigenvalue weighted by molar-refractivity contribution is 9.24. The largest absolute Gasteiger partial charge is 0.361 e. The number of rotatable bonds is 3. The molecule has 0 aliphatic carbocycles. The lowest BCUT2D eigenvalue weighted by Crippen LogP contribution is -1.92. The summed E-state index contributed by atoms with van der Waals surface area (Å²) in [6.07, 6.45) is 0. The molecule has 0 aliphatic heterocycles. The van der Waals surface area contributed by atoms with Gasteiger partial charge >= 0.3 is 0 Å². The summed E-state index contributed by atoms with van der Waals surface area (Å²) in [4.78, 5) is 0. The highest BCUT2D eigenvalue weighted by Gasteiger charge is 2.07. The molecule has 0 N–H and O–H groups in total. The molecule has 1 atom stereocenters. The molecule has 1 nitrogen and oxygen atoms in total. The van der Waals surface area contributed by atoms with Gasteiger partial charge in [-0.3, -0.25) is 0 Å². The van der Waals surface area contributed by atoms with Crippen LogP contribution in [0.15, 0.2) is 24.3 Å². The van der Waals surface area contributed by atoms with Crippen LogP contribution >= 0.6 is 43.5 Å². The highest BCUT2D eigenvalue weighted by atomic mass is 79.9. The van der Waals surface area contributed by atoms with Crippen molar-refractivity contribution in [1.82, 2.24) is 0 Å². The third-order valence-electron chi connectivity index (χ3n) is 1.66. The van der Waals surface area contributed by atoms with Crippen molar-refractivity contribution in [3.8, 4) is 0 Å². The van der Waals surface area contributed by atoms with E-state index < -0.39 is 0 Å². The topological polar surface area (TPSA) is 9.23 Å². The van der Waals surface area contributed by atoms with E-state index in [9.17, 15) is 0 Å². The molecule has 0 aliphatic rings. The summed E-state index contributed by atoms with van der Waals surface area (Å²) in [7, 11) is 1.59. The predicted molar refractivity (Wildman–Crippen MR) is 62.6 cm³/mol. The first-order valence-corrected chi connectivity index (χ1v) is 5.97. The Labute approximate surface area is 99.7 Å². The van der Waals surface area contributed by atoms with Crippen LogP contribution < -0.4 is 0 Å². The molecule has 0 amide bonds. The average Bonchev–Trinajstić information content (AvgIpc) is 2.17. The molecule has 1 unspecified atom stereocenters. The summed E-state index contributed by atoms with van der Waals surface area (Å²) in [5.74, 6) is 0. The Kier molecular flexibility index (Phi) is 4.73. The minimum Gasteiger partial charge on any atom is -0.361 e. The Bertz CT molecular complexity index is 261. The lowest BCUT2D eigenvalue weighted by molar-refractivity contribution is 0.170. The molecule has 0 spiro atoms. The van der Waals surface area contributed by atoms with Crippen LogP contribution in [0, 0.1) is 0 Å². The van der Waals surface area contributed by atoms with Crippen LogP contribution in [-0.2, 0) is 4.74 Å². The maximum Gasteiger partial charge on any atom is 0.156 e. The summed E-state index contributed by atoms with van der Waals surface area (Å²) >= 11 is 12.7. The Morgan fingerprint density at radius 2 is 1.62 bits per heavy atom. The minimum atomic E-state index is -0.363. The van der Waals surface area contributed by atoms with Crippen LogP contribution in [0.4, 0.5) is 0 Å². The summed E-state index contributed by atoms with van der Waals surface area (Å²) in [5, 5.41) is 0. The third-order valence-corrected chi connectivity index (χ3v) is 3.14. The van der Waals surface area contributed by atoms with Crippen molar-refractivity contribution in [3.63, 3.8) is 0 Å². The number of halogens is 3. The van der Waals surface area contributed by atoms with Gasteiger partial charge < -0.3 is 4.74 Å². The Hall–Kier alpha value is 0.430. The Balaban J connectivity index is 2.81. The molecule has 0 fully saturated rings. The van der Waals surface area contributed by atoms with Crippen LogP contribution in [0.3, 0.4) is 0 Å². The molecular weight excluding hydrogens is 319 g/mol. The fourth-order valence-electron chi connectivity index (χ4n) is 0.929. The van der Waals surface area contributed by atoms with Gasteiger partial charge in [0.15, 0.2) is 5.56 Å². The molecule has 1 aromatic rings. The number of hydrogen-bond acceptors (Lipinski definition) is 1. The van der Waals surface area contributed by atoms with E-state index in [0.717, 1.165) is 11.1 Å². The first-order valence-electron chi connectivity index (χ1n) is 3.70. The zero-order valence-electron chi connectivity index (χ0n) is 7.01. The number of methoxy groups -OCH3 is 1. The first kappa shape index (κ1) is 11.5. The molecule has 1 rings (SSSR count). The zero-order chi connectivity index (χ0) is 9.84. The van der Waals surface area contributed by atoms with Gasteiger partial charge in [-0.25, -0.2) is 0 Å². The number of ether oxygens (including phenoxy) is 1. The molecule has 0 heterocycles. The Morgan fingerprint density at radius 1 is 1.15 bits per heavy atom. The summed E-state index contributed by atoms with van der Waals surface area (Å²) in [6.45, 7) is 0. The number of benzene rings is 1. The fourth-order valence-corrected chi connectivity index (χ4v) is 1.68. The van der Waals surface area contributed by atoms with Gasteiger partial charge in [-0.2, -0.15) is 0 Å². The van der Waals surface area contributed by atoms with Crippen LogP contribution in [0.2, 0.25) is 0 Å². The van der Waals surface area contributed by atoms with Gasteiger partial charge in [-0.15, -0.1) is 0 Å². The van der Waals surface area contributed by atoms with E-state index in [0.29, 0.717) is 0 Å². The van der Waals surface area contributed by atoms with E-state index in [1.54, 1.807) is 7.11 Å². The second kappa shape index (κ2) is 5.35. The monoisotopic (exact) mass is 326 g/mol. The summed E-state index contributed by atoms with van der Waals surface area (Å²) < 4.78 is 5.16. The van der Waals surface area contributed by atoms with Gasteiger partial charge in [0.05, 0.1) is 3.74 Å². The predicted octanol–water partition coefficient (Wildman–Crippen LogP) is 4.36. The smallest absolute Gasteiger partial charge is 0.156 e. The van der Waals surface area contributed by atoms with Crippen molar-refractivity contribution in [2.45, 2.75) is 9.30 Å². The normalized spacial score (nSPS) is 13.3. The van der Waals surface area contributed by atoms with Crippen LogP contribution in [0.5, 0.6) is 0 Å². The van der Waals surface area contributed by atoms with Crippen LogP contribution in [0.1, 0.15) is 20.4 Å². The molecule has 4 heteroatoms. The highest BCUT2D eigenvalue weighted by Crippen LogP contribution is 2.30. The average molecular weight is 328 g/mol. The fraction of sp³-hybridized carbons (Fsp3) is 0.333. The van der Waals surface area contributed by atoms with Crippen LogP contribution in [-0.4, -0.2) is 7.11 Å². The van der Waals surface area contributed by atoms with Crippen molar-refractivity contribution in [2.75, 3.05) is 7.11 Å². The molecular formula is C9H9Br2ClO. The maximum atomic E-state index is 5.88. The van der Waals surface area contributed by atoms with Crippen molar-refractivity contribution in [2.24, 2.45) is 0 Å². The van der Waals surface area contributed by atoms with Crippen molar-refractivity contribution in [3.05, 3.63) is 35.4 Å². The minimum absolute atomic E-state index is 0.186. The third kappa shape index (κ3) is 3.24. The molecule has 0 bridgehead atoms. The van der Waals surface area contributed by atoms with Crippen LogP contribution in [0.25, 0.3) is 0 Å². The van der Waals surface area contributed by atoms with E-state index in [2.05, 4.69) is 31.9 Å². The van der Waals surface area contributed by atoms with Gasteiger partial charge in [0, 0.05) is 7.11 Å². The van der Waals surface area contributed by atoms with Gasteiger partial charge in [0.2, 0.25) is 0 Å². The molecule has 0 radical (unpaired) electrons. The first-order chi connectivity index (χ1) is 6.15. The van der Waals surface area contributed by atoms with E-state index in [1.807, 2.05) is 24.3 Å². The van der Waals surface area contributed by atoms with E-state index in [1.165, 1.54) is 0 Å². The maximum absolute atomic E-state index is 5.88. The summed E-state index contributed by atoms with van der Waals surface area (Å²) in [6, 6.07) is 7.90. The van der Waals surface area contributed by atoms with E-state index in [-0.39, 0.29) is 9.30 Å². The lowest BCUT2D eigenvalue weighted by atomic mass is 10.2. The summed E-state index contributed by atoms with van der Waals surface area (Å²) in [5.41, 5.74) is 1.76. The zero-order valence-corrected chi connectivity index (χ0v) is 10.9. The molecule has 13 heavy (non-hydrogen) atoms. The van der Waals surface area contributed by atoms with Crippen molar-refractivity contribution < 1.29 is 4.74 Å². The van der Waals surface area contributed by atoms with Crippen molar-refractivity contribution in [1.29, 1.82) is 0 Å². The second-order valence-electron chi connectivity index (χ2n) is 2.52. The van der Waals surface area contributed by atoms with Crippen molar-refractivity contribution >= 4 is 43.5 Å². The molecule has 0 aromatic heterocycles. The SMILES string of the molecule is COC(Cl)c1ccc(C(Br)Br)cc1. The molecule has 72 valence electrons. The lowest BCUT2D eigenvalue weighted by Gasteiger charge is -2.08. The number of hydrogen-bond donors (Lipinski definition) is 0. The Morgan fingerprint density at radius 3 is 2.00 bits per heavy atom. The van der Waals surface area contributed by atoms with E-state index >= 15 is 0 Å². The van der Waals surface area contributed by atoms with E-state index in [4.69, 9.17) is 16.3 Å². The molecule has 0 saturated heterocycles. The number of alkyl halides is 3. The second-order valence-corrected chi connectivity index (χ2v) is 5.98. The van der Waals surface area contributed by atoms with Gasteiger partial charge in [0.25, 0.3) is 0 Å². The van der Waals surface area contributed by atoms with Gasteiger partial charge in [0.1, 0.15) is 0 Å². The standard InChI is InChI=1S/C9H9Br2ClO/c1-13-9(12)7-4-2-6(3-5-7)8(10)11/h2-5,8-9H,1H3. The molecule has 1 aromatic carbocycles. The molecule has 0 saturated carbocycles. The van der Waals surface area contributed by atoms with Gasteiger partial charge in [-0.1, -0.05) is 67.7 Å². The quantitative estimate of drug-likeness (QED) is 0.749.